The third kappa shape index (κ3) is 2.24. The Morgan fingerprint density at radius 1 is 1.39 bits per heavy atom. The molecule has 0 N–H and O–H groups in total. The molecule has 18 heavy (non-hydrogen) atoms. The quantitative estimate of drug-likeness (QED) is 0.845. The average molecular weight is 269 g/mol. The van der Waals surface area contributed by atoms with E-state index in [0.29, 0.717) is 17.2 Å². The highest BCUT2D eigenvalue weighted by Gasteiger charge is 2.33. The van der Waals surface area contributed by atoms with Crippen LogP contribution < -0.4 is 4.74 Å². The van der Waals surface area contributed by atoms with Gasteiger partial charge in [0.05, 0.1) is 12.0 Å². The molecule has 100 valence electrons. The second kappa shape index (κ2) is 4.90. The zero-order chi connectivity index (χ0) is 13.3. The first-order valence-corrected chi connectivity index (χ1v) is 7.57. The lowest BCUT2D eigenvalue weighted by Crippen LogP contribution is -2.34. The minimum absolute atomic E-state index is 0.0940. The third-order valence-electron chi connectivity index (χ3n) is 3.46. The molecule has 0 amide bonds. The molecule has 0 radical (unpaired) electrons. The van der Waals surface area contributed by atoms with E-state index in [1.807, 2.05) is 6.92 Å². The number of hydrogen-bond acceptors (Lipinski definition) is 3. The summed E-state index contributed by atoms with van der Waals surface area (Å²) < 4.78 is 31.8. The Morgan fingerprint density at radius 2 is 2.11 bits per heavy atom. The summed E-state index contributed by atoms with van der Waals surface area (Å²) in [7, 11) is -1.79. The first-order valence-electron chi connectivity index (χ1n) is 6.13. The number of sulfonamides is 1. The molecule has 1 saturated heterocycles. The van der Waals surface area contributed by atoms with Gasteiger partial charge in [0.15, 0.2) is 0 Å². The summed E-state index contributed by atoms with van der Waals surface area (Å²) in [5.41, 5.74) is 0.730. The largest absolute Gasteiger partial charge is 0.497 e. The van der Waals surface area contributed by atoms with Crippen LogP contribution in [0.4, 0.5) is 0 Å². The zero-order valence-electron chi connectivity index (χ0n) is 11.0. The van der Waals surface area contributed by atoms with Crippen LogP contribution >= 0.6 is 0 Å². The number of nitrogens with zero attached hydrogens (tertiary/aromatic N) is 1. The van der Waals surface area contributed by atoms with Crippen molar-refractivity contribution in [1.82, 2.24) is 4.31 Å². The smallest absolute Gasteiger partial charge is 0.243 e. The van der Waals surface area contributed by atoms with Crippen molar-refractivity contribution in [3.8, 4) is 5.75 Å². The maximum absolute atomic E-state index is 12.6. The number of aryl methyl sites for hydroxylation is 1. The van der Waals surface area contributed by atoms with Crippen LogP contribution in [-0.2, 0) is 10.0 Å². The van der Waals surface area contributed by atoms with Crippen molar-refractivity contribution in [3.05, 3.63) is 23.8 Å². The van der Waals surface area contributed by atoms with Crippen LogP contribution in [0.1, 0.15) is 25.3 Å². The molecule has 4 nitrogen and oxygen atoms in total. The van der Waals surface area contributed by atoms with Crippen molar-refractivity contribution < 1.29 is 13.2 Å². The molecule has 5 heteroatoms. The lowest BCUT2D eigenvalue weighted by atomic mass is 10.2. The van der Waals surface area contributed by atoms with Gasteiger partial charge in [0, 0.05) is 12.6 Å². The number of hydrogen-bond donors (Lipinski definition) is 0. The van der Waals surface area contributed by atoms with Gasteiger partial charge in [-0.15, -0.1) is 0 Å². The van der Waals surface area contributed by atoms with Crippen LogP contribution in [0.5, 0.6) is 5.75 Å². The molecule has 0 aromatic heterocycles. The molecule has 1 aromatic rings. The lowest BCUT2D eigenvalue weighted by molar-refractivity contribution is 0.406. The minimum Gasteiger partial charge on any atom is -0.497 e. The number of rotatable bonds is 3. The molecule has 0 bridgehead atoms. The van der Waals surface area contributed by atoms with E-state index >= 15 is 0 Å². The number of methoxy groups -OCH3 is 1. The van der Waals surface area contributed by atoms with E-state index in [-0.39, 0.29) is 6.04 Å². The normalized spacial score (nSPS) is 21.2. The first-order chi connectivity index (χ1) is 8.46. The van der Waals surface area contributed by atoms with Crippen molar-refractivity contribution >= 4 is 10.0 Å². The molecule has 1 aliphatic heterocycles. The van der Waals surface area contributed by atoms with Crippen LogP contribution in [-0.4, -0.2) is 32.4 Å². The van der Waals surface area contributed by atoms with Crippen LogP contribution in [0.3, 0.4) is 0 Å². The predicted octanol–water partition coefficient (Wildman–Crippen LogP) is 2.18. The average Bonchev–Trinajstić information content (AvgIpc) is 2.75. The highest BCUT2D eigenvalue weighted by Crippen LogP contribution is 2.29. The fraction of sp³-hybridized carbons (Fsp3) is 0.538. The van der Waals surface area contributed by atoms with E-state index in [9.17, 15) is 8.42 Å². The maximum atomic E-state index is 12.6. The topological polar surface area (TPSA) is 46.6 Å². The summed E-state index contributed by atoms with van der Waals surface area (Å²) in [4.78, 5) is 0.386. The van der Waals surface area contributed by atoms with E-state index in [1.54, 1.807) is 36.5 Å². The van der Waals surface area contributed by atoms with Gasteiger partial charge >= 0.3 is 0 Å². The molecule has 1 atom stereocenters. The molecule has 1 aromatic carbocycles. The van der Waals surface area contributed by atoms with Gasteiger partial charge in [-0.25, -0.2) is 8.42 Å². The molecule has 1 heterocycles. The Labute approximate surface area is 109 Å². The summed E-state index contributed by atoms with van der Waals surface area (Å²) in [6.07, 6.45) is 1.88. The first kappa shape index (κ1) is 13.4. The zero-order valence-corrected chi connectivity index (χ0v) is 11.8. The number of ether oxygens (including phenoxy) is 1. The maximum Gasteiger partial charge on any atom is 0.243 e. The fourth-order valence-electron chi connectivity index (χ4n) is 2.43. The Bertz CT molecular complexity index is 539. The lowest BCUT2D eigenvalue weighted by Gasteiger charge is -2.22. The fourth-order valence-corrected chi connectivity index (χ4v) is 4.34. The van der Waals surface area contributed by atoms with E-state index in [0.717, 1.165) is 18.4 Å². The van der Waals surface area contributed by atoms with E-state index < -0.39 is 10.0 Å². The van der Waals surface area contributed by atoms with E-state index in [4.69, 9.17) is 4.74 Å². The molecule has 1 aliphatic rings. The van der Waals surface area contributed by atoms with Gasteiger partial charge < -0.3 is 4.74 Å². The Hall–Kier alpha value is -1.07. The highest BCUT2D eigenvalue weighted by atomic mass is 32.2. The van der Waals surface area contributed by atoms with Crippen molar-refractivity contribution in [3.63, 3.8) is 0 Å². The molecule has 0 aliphatic carbocycles. The van der Waals surface area contributed by atoms with Crippen LogP contribution in [0.2, 0.25) is 0 Å². The van der Waals surface area contributed by atoms with Gasteiger partial charge in [-0.1, -0.05) is 0 Å². The Kier molecular flexibility index (Phi) is 3.64. The molecule has 1 fully saturated rings. The van der Waals surface area contributed by atoms with Crippen LogP contribution in [0, 0.1) is 6.92 Å². The number of benzene rings is 1. The molecular weight excluding hydrogens is 250 g/mol. The Balaban J connectivity index is 2.41. The third-order valence-corrected chi connectivity index (χ3v) is 5.63. The van der Waals surface area contributed by atoms with Crippen molar-refractivity contribution in [2.45, 2.75) is 37.6 Å². The van der Waals surface area contributed by atoms with Crippen LogP contribution in [0.15, 0.2) is 23.1 Å². The van der Waals surface area contributed by atoms with E-state index in [2.05, 4.69) is 0 Å². The molecular formula is C13H19NO3S. The van der Waals surface area contributed by atoms with Crippen LogP contribution in [0.25, 0.3) is 0 Å². The van der Waals surface area contributed by atoms with Gasteiger partial charge in [0.1, 0.15) is 5.75 Å². The summed E-state index contributed by atoms with van der Waals surface area (Å²) in [6.45, 7) is 4.38. The van der Waals surface area contributed by atoms with Gasteiger partial charge in [-0.2, -0.15) is 4.31 Å². The predicted molar refractivity (Wildman–Crippen MR) is 70.3 cm³/mol. The van der Waals surface area contributed by atoms with Gasteiger partial charge in [0.2, 0.25) is 10.0 Å². The van der Waals surface area contributed by atoms with Crippen molar-refractivity contribution in [2.24, 2.45) is 0 Å². The second-order valence-electron chi connectivity index (χ2n) is 4.74. The summed E-state index contributed by atoms with van der Waals surface area (Å²) in [5, 5.41) is 0. The van der Waals surface area contributed by atoms with Gasteiger partial charge in [-0.3, -0.25) is 0 Å². The minimum atomic E-state index is -3.37. The summed E-state index contributed by atoms with van der Waals surface area (Å²) in [5.74, 6) is 0.681. The monoisotopic (exact) mass is 269 g/mol. The van der Waals surface area contributed by atoms with Crippen molar-refractivity contribution in [1.29, 1.82) is 0 Å². The molecule has 0 spiro atoms. The Morgan fingerprint density at radius 3 is 2.61 bits per heavy atom. The standard InChI is InChI=1S/C13H19NO3S/c1-10-9-12(17-3)6-7-13(10)18(15,16)14-8-4-5-11(14)2/h6-7,9,11H,4-5,8H2,1-3H3. The second-order valence-corrected chi connectivity index (χ2v) is 6.60. The van der Waals surface area contributed by atoms with E-state index in [1.165, 1.54) is 0 Å². The van der Waals surface area contributed by atoms with Gasteiger partial charge in [0.25, 0.3) is 0 Å². The summed E-state index contributed by atoms with van der Waals surface area (Å²) in [6, 6.07) is 5.18. The highest BCUT2D eigenvalue weighted by molar-refractivity contribution is 7.89. The SMILES string of the molecule is COc1ccc(S(=O)(=O)N2CCCC2C)c(C)c1. The molecule has 0 saturated carbocycles. The molecule has 1 unspecified atom stereocenters. The van der Waals surface area contributed by atoms with Gasteiger partial charge in [-0.05, 0) is 50.5 Å². The summed E-state index contributed by atoms with van der Waals surface area (Å²) >= 11 is 0. The van der Waals surface area contributed by atoms with Crippen molar-refractivity contribution in [2.75, 3.05) is 13.7 Å². The molecule has 2 rings (SSSR count).